The zero-order chi connectivity index (χ0) is 37.8. The van der Waals surface area contributed by atoms with Gasteiger partial charge in [0.1, 0.15) is 5.75 Å². The number of nitrogens with zero attached hydrogens (tertiary/aromatic N) is 4. The van der Waals surface area contributed by atoms with Crippen LogP contribution in [0.4, 0.5) is 0 Å². The Morgan fingerprint density at radius 2 is 1.68 bits per heavy atom. The van der Waals surface area contributed by atoms with Gasteiger partial charge in [-0.2, -0.15) is 0 Å². The lowest BCUT2D eigenvalue weighted by molar-refractivity contribution is -0.0587. The fourth-order valence-electron chi connectivity index (χ4n) is 8.35. The molecule has 2 amide bonds. The average Bonchev–Trinajstić information content (AvgIpc) is 3.66. The molecule has 2 atom stereocenters. The van der Waals surface area contributed by atoms with Crippen LogP contribution < -0.4 is 9.46 Å². The fraction of sp³-hybridized carbons (Fsp3) is 0.488. The number of nitrogens with one attached hydrogen (secondary N) is 1. The molecule has 282 valence electrons. The number of methoxy groups -OCH3 is 1. The predicted molar refractivity (Wildman–Crippen MR) is 208 cm³/mol. The molecule has 1 saturated carbocycles. The zero-order valence-electron chi connectivity index (χ0n) is 31.8. The Morgan fingerprint density at radius 1 is 0.962 bits per heavy atom. The van der Waals surface area contributed by atoms with Crippen LogP contribution in [0.25, 0.3) is 33.8 Å². The van der Waals surface area contributed by atoms with Crippen molar-refractivity contribution in [1.29, 1.82) is 0 Å². The molecule has 1 N–H and O–H groups in total. The number of benzene rings is 2. The number of hydrogen-bond donors (Lipinski definition) is 1. The van der Waals surface area contributed by atoms with Gasteiger partial charge in [0.25, 0.3) is 11.8 Å². The molecule has 4 heterocycles. The van der Waals surface area contributed by atoms with Gasteiger partial charge in [-0.1, -0.05) is 25.3 Å². The van der Waals surface area contributed by atoms with Gasteiger partial charge in [0.05, 0.1) is 48.8 Å². The van der Waals surface area contributed by atoms with Crippen LogP contribution in [0.15, 0.2) is 42.7 Å². The van der Waals surface area contributed by atoms with Gasteiger partial charge in [-0.15, -0.1) is 0 Å². The van der Waals surface area contributed by atoms with Crippen molar-refractivity contribution >= 4 is 44.4 Å². The summed E-state index contributed by atoms with van der Waals surface area (Å²) in [4.78, 5) is 34.6. The van der Waals surface area contributed by atoms with Crippen molar-refractivity contribution in [3.63, 3.8) is 0 Å². The molecule has 12 heteroatoms. The Bertz CT molecular complexity index is 2200. The number of rotatable bonds is 8. The Labute approximate surface area is 312 Å². The molecule has 1 saturated heterocycles. The van der Waals surface area contributed by atoms with Gasteiger partial charge in [0.2, 0.25) is 10.0 Å². The summed E-state index contributed by atoms with van der Waals surface area (Å²) in [5, 5.41) is 0.286. The highest BCUT2D eigenvalue weighted by atomic mass is 32.2. The minimum atomic E-state index is -3.84. The maximum Gasteiger partial charge on any atom is 0.274 e. The van der Waals surface area contributed by atoms with E-state index < -0.39 is 21.2 Å². The molecule has 11 nitrogen and oxygen atoms in total. The molecule has 2 aromatic heterocycles. The summed E-state index contributed by atoms with van der Waals surface area (Å²) in [5.74, 6) is 0.231. The number of morpholine rings is 1. The molecule has 0 bridgehead atoms. The van der Waals surface area contributed by atoms with E-state index >= 15 is 0 Å². The fourth-order valence-corrected chi connectivity index (χ4v) is 8.96. The Balaban J connectivity index is 1.46. The third-order valence-electron chi connectivity index (χ3n) is 11.0. The average molecular weight is 742 g/mol. The normalized spacial score (nSPS) is 19.6. The smallest absolute Gasteiger partial charge is 0.274 e. The standard InChI is InChI=1S/C41H51N5O6S/c1-24(2)46-23-42-37(41(48)44-20-26(5)52-27(6)21-44)38(46)31-17-30-18-32(51-7)14-16-33(30)39-36(28-11-9-8-10-12-28)34-15-13-29(19-35(34)45(39)22-31)40(47)43-53(49,50)25(3)4/h13-19,23-28H,8-12,20-22H2,1-7H3,(H,43,47). The summed E-state index contributed by atoms with van der Waals surface area (Å²) < 4.78 is 43.8. The van der Waals surface area contributed by atoms with Crippen LogP contribution in [0, 0.1) is 0 Å². The number of hydrogen-bond acceptors (Lipinski definition) is 7. The van der Waals surface area contributed by atoms with E-state index in [9.17, 15) is 18.0 Å². The van der Waals surface area contributed by atoms with Crippen molar-refractivity contribution in [3.05, 3.63) is 70.8 Å². The van der Waals surface area contributed by atoms with Crippen LogP contribution >= 0.6 is 0 Å². The number of amides is 2. The lowest BCUT2D eigenvalue weighted by Gasteiger charge is -2.35. The summed E-state index contributed by atoms with van der Waals surface area (Å²) in [6.45, 7) is 12.6. The first-order valence-corrected chi connectivity index (χ1v) is 20.4. The molecule has 53 heavy (non-hydrogen) atoms. The Morgan fingerprint density at radius 3 is 2.34 bits per heavy atom. The molecular formula is C41H51N5O6S. The van der Waals surface area contributed by atoms with E-state index in [1.165, 1.54) is 12.0 Å². The topological polar surface area (TPSA) is 125 Å². The Hall–Kier alpha value is -4.42. The summed E-state index contributed by atoms with van der Waals surface area (Å²) in [6.07, 6.45) is 9.33. The largest absolute Gasteiger partial charge is 0.497 e. The molecule has 3 aliphatic rings. The number of aromatic nitrogens is 3. The second-order valence-corrected chi connectivity index (χ2v) is 17.7. The SMILES string of the molecule is COc1ccc2c(c1)C=C(c1c(C(=O)N3CC(C)OC(C)C3)ncn1C(C)C)Cn1c-2c(C2CCCCC2)c2ccc(C(=O)NS(=O)(=O)C(C)C)cc21. The monoisotopic (exact) mass is 741 g/mol. The summed E-state index contributed by atoms with van der Waals surface area (Å²) in [5.41, 5.74) is 7.44. The van der Waals surface area contributed by atoms with Crippen molar-refractivity contribution in [2.45, 2.75) is 110 Å². The van der Waals surface area contributed by atoms with Crippen LogP contribution in [0.1, 0.15) is 123 Å². The van der Waals surface area contributed by atoms with Crippen LogP contribution in [-0.2, 0) is 21.3 Å². The first kappa shape index (κ1) is 36.9. The highest BCUT2D eigenvalue weighted by Gasteiger charge is 2.34. The first-order chi connectivity index (χ1) is 25.3. The minimum Gasteiger partial charge on any atom is -0.497 e. The predicted octanol–water partition coefficient (Wildman–Crippen LogP) is 7.41. The van der Waals surface area contributed by atoms with E-state index in [-0.39, 0.29) is 29.7 Å². The lowest BCUT2D eigenvalue weighted by atomic mass is 9.81. The lowest BCUT2D eigenvalue weighted by Crippen LogP contribution is -2.48. The van der Waals surface area contributed by atoms with E-state index in [1.807, 2.05) is 43.0 Å². The molecule has 1 aliphatic carbocycles. The maximum absolute atomic E-state index is 14.4. The molecule has 7 rings (SSSR count). The van der Waals surface area contributed by atoms with Crippen molar-refractivity contribution in [2.24, 2.45) is 0 Å². The molecule has 0 spiro atoms. The Kier molecular flexibility index (Phi) is 10.1. The minimum absolute atomic E-state index is 0.00685. The molecule has 2 aromatic carbocycles. The third kappa shape index (κ3) is 6.91. The number of carbonyl (C=O) groups is 2. The molecule has 2 fully saturated rings. The van der Waals surface area contributed by atoms with Gasteiger partial charge in [0, 0.05) is 41.2 Å². The molecule has 2 unspecified atom stereocenters. The van der Waals surface area contributed by atoms with Gasteiger partial charge in [-0.05, 0) is 113 Å². The van der Waals surface area contributed by atoms with E-state index in [1.54, 1.807) is 33.4 Å². The highest BCUT2D eigenvalue weighted by molar-refractivity contribution is 7.90. The third-order valence-corrected chi connectivity index (χ3v) is 12.7. The van der Waals surface area contributed by atoms with Gasteiger partial charge in [0.15, 0.2) is 5.69 Å². The van der Waals surface area contributed by atoms with Crippen molar-refractivity contribution in [1.82, 2.24) is 23.7 Å². The number of sulfonamides is 1. The first-order valence-electron chi connectivity index (χ1n) is 18.9. The number of ether oxygens (including phenoxy) is 2. The number of allylic oxidation sites excluding steroid dienone is 1. The van der Waals surface area contributed by atoms with Crippen LogP contribution in [0.2, 0.25) is 0 Å². The van der Waals surface area contributed by atoms with Gasteiger partial charge in [-0.3, -0.25) is 9.59 Å². The summed E-state index contributed by atoms with van der Waals surface area (Å²) in [7, 11) is -2.18. The number of imidazole rings is 1. The van der Waals surface area contributed by atoms with E-state index in [0.717, 1.165) is 70.4 Å². The van der Waals surface area contributed by atoms with E-state index in [0.29, 0.717) is 31.2 Å². The maximum atomic E-state index is 14.4. The molecule has 2 aliphatic heterocycles. The highest BCUT2D eigenvalue weighted by Crippen LogP contribution is 2.48. The van der Waals surface area contributed by atoms with Crippen LogP contribution in [-0.4, -0.2) is 76.9 Å². The molecule has 0 radical (unpaired) electrons. The van der Waals surface area contributed by atoms with E-state index in [2.05, 4.69) is 39.8 Å². The number of fused-ring (bicyclic) bond motifs is 5. The van der Waals surface area contributed by atoms with Gasteiger partial charge < -0.3 is 23.5 Å². The van der Waals surface area contributed by atoms with Crippen molar-refractivity contribution < 1.29 is 27.5 Å². The quantitative estimate of drug-likeness (QED) is 0.199. The van der Waals surface area contributed by atoms with Crippen LogP contribution in [0.5, 0.6) is 5.75 Å². The molecular weight excluding hydrogens is 691 g/mol. The number of carbonyl (C=O) groups excluding carboxylic acids is 2. The summed E-state index contributed by atoms with van der Waals surface area (Å²) >= 11 is 0. The zero-order valence-corrected chi connectivity index (χ0v) is 32.6. The second kappa shape index (κ2) is 14.4. The molecule has 4 aromatic rings. The second-order valence-electron chi connectivity index (χ2n) is 15.5. The summed E-state index contributed by atoms with van der Waals surface area (Å²) in [6, 6.07) is 11.7. The van der Waals surface area contributed by atoms with Crippen molar-refractivity contribution in [2.75, 3.05) is 20.2 Å². The van der Waals surface area contributed by atoms with E-state index in [4.69, 9.17) is 14.5 Å². The van der Waals surface area contributed by atoms with Gasteiger partial charge in [-0.25, -0.2) is 18.1 Å². The van der Waals surface area contributed by atoms with Gasteiger partial charge >= 0.3 is 0 Å². The van der Waals surface area contributed by atoms with Crippen LogP contribution in [0.3, 0.4) is 0 Å². The van der Waals surface area contributed by atoms with Crippen molar-refractivity contribution in [3.8, 4) is 17.0 Å².